The van der Waals surface area contributed by atoms with E-state index in [2.05, 4.69) is 13.8 Å². The van der Waals surface area contributed by atoms with Crippen LogP contribution in [0.2, 0.25) is 0 Å². The maximum absolute atomic E-state index is 12.6. The summed E-state index contributed by atoms with van der Waals surface area (Å²) in [4.78, 5) is 69.6. The molecular weight excluding hydrogens is 802 g/mol. The second-order valence-corrected chi connectivity index (χ2v) is 17.2. The maximum atomic E-state index is 12.6. The lowest BCUT2D eigenvalue weighted by atomic mass is 10.1. The predicted octanol–water partition coefficient (Wildman–Crippen LogP) is 8.19. The fourth-order valence-electron chi connectivity index (χ4n) is 5.19. The zero-order valence-corrected chi connectivity index (χ0v) is 37.3. The van der Waals surface area contributed by atoms with Crippen molar-refractivity contribution >= 4 is 39.5 Å². The van der Waals surface area contributed by atoms with Gasteiger partial charge in [-0.2, -0.15) is 0 Å². The van der Waals surface area contributed by atoms with Gasteiger partial charge < -0.3 is 33.8 Å². The number of hydrogen-bond acceptors (Lipinski definition) is 15. The SMILES string of the molecule is CCCCCCCCC(=O)OC[C@H](COP(=O)(O)OC[C@@H](O)COP(=O)(O)OC[C@@H](COC(=O)CCCC)OC(=O)CCCCCC)OC(=O)CCCCCCCC. The van der Waals surface area contributed by atoms with E-state index in [0.29, 0.717) is 25.7 Å². The molecule has 0 aliphatic carbocycles. The van der Waals surface area contributed by atoms with Gasteiger partial charge in [0.2, 0.25) is 0 Å². The molecule has 0 spiro atoms. The normalized spacial score (nSPS) is 15.1. The standard InChI is InChI=1S/C39H74O17P2/c1-5-9-13-16-18-21-24-37(42)50-30-35(56-39(44)26-22-19-17-14-10-6-2)32-54-58(47,48)52-28-33(40)27-51-57(45,46)53-31-34(29-49-36(41)23-12-8-4)55-38(43)25-20-15-11-7-3/h33-35,40H,5-32H2,1-4H3,(H,45,46)(H,47,48)/t33-,34+,35+/m0/s1. The average molecular weight is 877 g/mol. The minimum Gasteiger partial charge on any atom is -0.462 e. The lowest BCUT2D eigenvalue weighted by molar-refractivity contribution is -0.161. The third-order valence-electron chi connectivity index (χ3n) is 8.60. The Morgan fingerprint density at radius 1 is 0.414 bits per heavy atom. The largest absolute Gasteiger partial charge is 0.472 e. The summed E-state index contributed by atoms with van der Waals surface area (Å²) in [6.45, 7) is 4.16. The first-order valence-electron chi connectivity index (χ1n) is 21.3. The van der Waals surface area contributed by atoms with Gasteiger partial charge in [0.05, 0.1) is 26.4 Å². The van der Waals surface area contributed by atoms with Crippen LogP contribution in [0.25, 0.3) is 0 Å². The molecule has 0 aliphatic heterocycles. The molecule has 0 aliphatic rings. The number of phosphoric ester groups is 2. The Morgan fingerprint density at radius 3 is 1.09 bits per heavy atom. The van der Waals surface area contributed by atoms with Crippen LogP contribution in [-0.2, 0) is 65.4 Å². The number of carbonyl (C=O) groups excluding carboxylic acids is 4. The highest BCUT2D eigenvalue weighted by Gasteiger charge is 2.30. The molecule has 0 aromatic rings. The van der Waals surface area contributed by atoms with E-state index in [-0.39, 0.29) is 25.7 Å². The molecule has 0 bridgehead atoms. The smallest absolute Gasteiger partial charge is 0.462 e. The minimum absolute atomic E-state index is 0.0933. The van der Waals surface area contributed by atoms with Gasteiger partial charge >= 0.3 is 39.5 Å². The number of esters is 4. The van der Waals surface area contributed by atoms with Gasteiger partial charge in [-0.3, -0.25) is 37.3 Å². The van der Waals surface area contributed by atoms with Crippen LogP contribution in [0.4, 0.5) is 0 Å². The number of aliphatic hydroxyl groups excluding tert-OH is 1. The Bertz CT molecular complexity index is 1190. The van der Waals surface area contributed by atoms with Gasteiger partial charge in [0.15, 0.2) is 12.2 Å². The van der Waals surface area contributed by atoms with E-state index >= 15 is 0 Å². The zero-order chi connectivity index (χ0) is 43.5. The molecule has 0 amide bonds. The molecule has 0 saturated heterocycles. The van der Waals surface area contributed by atoms with Crippen LogP contribution >= 0.6 is 15.6 Å². The Hall–Kier alpha value is -1.94. The zero-order valence-electron chi connectivity index (χ0n) is 35.5. The van der Waals surface area contributed by atoms with Crippen LogP contribution in [-0.4, -0.2) is 96.7 Å². The second kappa shape index (κ2) is 35.8. The highest BCUT2D eigenvalue weighted by molar-refractivity contribution is 7.47. The molecule has 342 valence electrons. The first-order valence-corrected chi connectivity index (χ1v) is 24.3. The summed E-state index contributed by atoms with van der Waals surface area (Å²) in [7, 11) is -9.79. The van der Waals surface area contributed by atoms with Gasteiger partial charge in [-0.25, -0.2) is 9.13 Å². The van der Waals surface area contributed by atoms with Crippen molar-refractivity contribution in [3.63, 3.8) is 0 Å². The minimum atomic E-state index is -4.90. The quantitative estimate of drug-likeness (QED) is 0.0228. The first-order chi connectivity index (χ1) is 27.7. The van der Waals surface area contributed by atoms with Gasteiger partial charge in [0.1, 0.15) is 19.3 Å². The lowest BCUT2D eigenvalue weighted by Crippen LogP contribution is -2.30. The molecule has 0 aromatic heterocycles. The summed E-state index contributed by atoms with van der Waals surface area (Å²) >= 11 is 0. The number of unbranched alkanes of at least 4 members (excludes halogenated alkanes) is 14. The van der Waals surface area contributed by atoms with E-state index in [1.54, 1.807) is 0 Å². The van der Waals surface area contributed by atoms with Gasteiger partial charge in [-0.05, 0) is 25.7 Å². The van der Waals surface area contributed by atoms with E-state index in [1.165, 1.54) is 0 Å². The Morgan fingerprint density at radius 2 is 0.707 bits per heavy atom. The molecule has 19 heteroatoms. The molecule has 58 heavy (non-hydrogen) atoms. The molecule has 17 nitrogen and oxygen atoms in total. The summed E-state index contributed by atoms with van der Waals surface area (Å²) < 4.78 is 65.8. The van der Waals surface area contributed by atoms with E-state index in [0.717, 1.165) is 89.9 Å². The summed E-state index contributed by atoms with van der Waals surface area (Å²) in [5.41, 5.74) is 0. The molecule has 5 atom stereocenters. The third-order valence-corrected chi connectivity index (χ3v) is 10.5. The monoisotopic (exact) mass is 876 g/mol. The van der Waals surface area contributed by atoms with Crippen molar-refractivity contribution < 1.29 is 80.2 Å². The Kier molecular flexibility index (Phi) is 34.6. The van der Waals surface area contributed by atoms with E-state index < -0.39 is 97.5 Å². The maximum Gasteiger partial charge on any atom is 0.472 e. The van der Waals surface area contributed by atoms with Crippen molar-refractivity contribution in [1.29, 1.82) is 0 Å². The average Bonchev–Trinajstić information content (AvgIpc) is 3.18. The van der Waals surface area contributed by atoms with Crippen LogP contribution < -0.4 is 0 Å². The van der Waals surface area contributed by atoms with Crippen molar-refractivity contribution in [2.24, 2.45) is 0 Å². The van der Waals surface area contributed by atoms with Gasteiger partial charge in [0, 0.05) is 25.7 Å². The van der Waals surface area contributed by atoms with Crippen molar-refractivity contribution in [2.45, 2.75) is 187 Å². The summed E-state index contributed by atoms with van der Waals surface area (Å²) in [5, 5.41) is 10.3. The highest BCUT2D eigenvalue weighted by Crippen LogP contribution is 2.45. The fraction of sp³-hybridized carbons (Fsp3) is 0.897. The van der Waals surface area contributed by atoms with Crippen LogP contribution in [0, 0.1) is 0 Å². The molecule has 0 fully saturated rings. The molecule has 0 radical (unpaired) electrons. The molecule has 2 unspecified atom stereocenters. The highest BCUT2D eigenvalue weighted by atomic mass is 31.2. The van der Waals surface area contributed by atoms with E-state index in [1.807, 2.05) is 13.8 Å². The van der Waals surface area contributed by atoms with Crippen molar-refractivity contribution in [3.05, 3.63) is 0 Å². The van der Waals surface area contributed by atoms with Crippen molar-refractivity contribution in [2.75, 3.05) is 39.6 Å². The number of phosphoric acid groups is 2. The molecular formula is C39H74O17P2. The summed E-state index contributed by atoms with van der Waals surface area (Å²) in [6, 6.07) is 0. The van der Waals surface area contributed by atoms with Crippen LogP contribution in [0.5, 0.6) is 0 Å². The number of ether oxygens (including phenoxy) is 4. The first kappa shape index (κ1) is 56.1. The molecule has 0 rings (SSSR count). The second-order valence-electron chi connectivity index (χ2n) is 14.3. The topological polar surface area (TPSA) is 237 Å². The van der Waals surface area contributed by atoms with Gasteiger partial charge in [-0.15, -0.1) is 0 Å². The summed E-state index contributed by atoms with van der Waals surface area (Å²) in [5.74, 6) is -2.24. The van der Waals surface area contributed by atoms with Gasteiger partial charge in [-0.1, -0.05) is 118 Å². The molecule has 3 N–H and O–H groups in total. The fourth-order valence-corrected chi connectivity index (χ4v) is 6.77. The molecule has 0 saturated carbocycles. The Balaban J connectivity index is 5.07. The van der Waals surface area contributed by atoms with Crippen LogP contribution in [0.15, 0.2) is 0 Å². The van der Waals surface area contributed by atoms with Crippen molar-refractivity contribution in [3.8, 4) is 0 Å². The predicted molar refractivity (Wildman–Crippen MR) is 215 cm³/mol. The van der Waals surface area contributed by atoms with Gasteiger partial charge in [0.25, 0.3) is 0 Å². The molecule has 0 aromatic carbocycles. The Labute approximate surface area is 346 Å². The molecule has 0 heterocycles. The number of rotatable bonds is 40. The van der Waals surface area contributed by atoms with Crippen LogP contribution in [0.1, 0.15) is 169 Å². The van der Waals surface area contributed by atoms with Crippen molar-refractivity contribution in [1.82, 2.24) is 0 Å². The number of hydrogen-bond donors (Lipinski definition) is 3. The summed E-state index contributed by atoms with van der Waals surface area (Å²) in [6.07, 6.45) is 12.5. The number of aliphatic hydroxyl groups is 1. The van der Waals surface area contributed by atoms with E-state index in [4.69, 9.17) is 37.0 Å². The third kappa shape index (κ3) is 34.9. The van der Waals surface area contributed by atoms with Crippen LogP contribution in [0.3, 0.4) is 0 Å². The number of carbonyl (C=O) groups is 4. The van der Waals surface area contributed by atoms with E-state index in [9.17, 15) is 43.2 Å². The lowest BCUT2D eigenvalue weighted by Gasteiger charge is -2.21.